The van der Waals surface area contributed by atoms with Gasteiger partial charge in [0.05, 0.1) is 5.56 Å². The molecule has 1 aromatic rings. The zero-order valence-corrected chi connectivity index (χ0v) is 16.8. The molecule has 1 amide bonds. The maximum absolute atomic E-state index is 12.1. The number of carbonyl (C=O) groups is 2. The van der Waals surface area contributed by atoms with Gasteiger partial charge in [-0.15, -0.1) is 0 Å². The third kappa shape index (κ3) is 7.23. The van der Waals surface area contributed by atoms with Gasteiger partial charge in [-0.25, -0.2) is 4.79 Å². The van der Waals surface area contributed by atoms with E-state index < -0.39 is 21.3 Å². The monoisotopic (exact) mass is 425 g/mol. The molecule has 0 spiro atoms. The number of carbonyl (C=O) groups excluding carboxylic acids is 1. The summed E-state index contributed by atoms with van der Waals surface area (Å²) in [5.41, 5.74) is -0.171. The highest BCUT2D eigenvalue weighted by Crippen LogP contribution is 2.30. The summed E-state index contributed by atoms with van der Waals surface area (Å²) in [6.07, 6.45) is -1.09. The van der Waals surface area contributed by atoms with E-state index in [9.17, 15) is 9.59 Å². The van der Waals surface area contributed by atoms with Crippen molar-refractivity contribution < 1.29 is 14.7 Å². The van der Waals surface area contributed by atoms with Gasteiger partial charge in [0.2, 0.25) is 9.70 Å². The zero-order chi connectivity index (χ0) is 19.4. The molecule has 0 bridgehead atoms. The molecule has 138 valence electrons. The van der Waals surface area contributed by atoms with Gasteiger partial charge < -0.3 is 21.1 Å². The number of alkyl halides is 3. The lowest BCUT2D eigenvalue weighted by Gasteiger charge is -2.30. The number of hydrogen-bond acceptors (Lipinski definition) is 3. The number of benzene rings is 1. The minimum atomic E-state index is -1.87. The van der Waals surface area contributed by atoms with Crippen LogP contribution in [0.25, 0.3) is 0 Å². The third-order valence-electron chi connectivity index (χ3n) is 2.93. The maximum atomic E-state index is 12.1. The van der Waals surface area contributed by atoms with Gasteiger partial charge in [0.1, 0.15) is 6.17 Å². The van der Waals surface area contributed by atoms with Crippen molar-refractivity contribution >= 4 is 69.7 Å². The predicted octanol–water partition coefficient (Wildman–Crippen LogP) is 3.53. The molecule has 10 heteroatoms. The fraction of sp³-hybridized carbons (Fsp3) is 0.400. The maximum Gasteiger partial charge on any atom is 0.335 e. The Morgan fingerprint density at radius 3 is 2.24 bits per heavy atom. The highest BCUT2D eigenvalue weighted by atomic mass is 35.6. The van der Waals surface area contributed by atoms with E-state index in [2.05, 4.69) is 16.0 Å². The predicted molar refractivity (Wildman–Crippen MR) is 104 cm³/mol. The number of halogens is 3. The number of carboxylic acid groups (broad SMARTS) is 1. The second kappa shape index (κ2) is 8.40. The normalized spacial score (nSPS) is 12.9. The van der Waals surface area contributed by atoms with E-state index >= 15 is 0 Å². The summed E-state index contributed by atoms with van der Waals surface area (Å²) in [6, 6.07) is 6.02. The van der Waals surface area contributed by atoms with Crippen molar-refractivity contribution in [1.29, 1.82) is 0 Å². The Balaban J connectivity index is 2.84. The van der Waals surface area contributed by atoms with Gasteiger partial charge in [0.15, 0.2) is 5.11 Å². The third-order valence-corrected chi connectivity index (χ3v) is 3.80. The molecule has 0 radical (unpaired) electrons. The summed E-state index contributed by atoms with van der Waals surface area (Å²) in [5, 5.41) is 17.1. The molecule has 1 rings (SSSR count). The SMILES string of the molecule is CC(C)(C)C(=O)N[C@@H](NC(=S)Nc1cccc(C(=O)O)c1)C(Cl)(Cl)Cl. The highest BCUT2D eigenvalue weighted by Gasteiger charge is 2.36. The van der Waals surface area contributed by atoms with Crippen molar-refractivity contribution in [2.45, 2.75) is 30.7 Å². The molecule has 25 heavy (non-hydrogen) atoms. The number of rotatable bonds is 4. The van der Waals surface area contributed by atoms with Gasteiger partial charge in [-0.1, -0.05) is 61.6 Å². The van der Waals surface area contributed by atoms with Gasteiger partial charge in [0.25, 0.3) is 0 Å². The van der Waals surface area contributed by atoms with E-state index in [0.717, 1.165) is 0 Å². The zero-order valence-electron chi connectivity index (χ0n) is 13.7. The first kappa shape index (κ1) is 21.8. The summed E-state index contributed by atoms with van der Waals surface area (Å²) >= 11 is 22.8. The van der Waals surface area contributed by atoms with Crippen LogP contribution in [-0.2, 0) is 4.79 Å². The standard InChI is InChI=1S/C15H18Cl3N3O3S/c1-14(2,3)12(24)20-11(15(16,17)18)21-13(25)19-9-6-4-5-8(7-9)10(22)23/h4-7,11H,1-3H3,(H,20,24)(H,22,23)(H2,19,21,25)/t11-/m0/s1. The number of thiocarbonyl (C=S) groups is 1. The van der Waals surface area contributed by atoms with Crippen LogP contribution in [0.3, 0.4) is 0 Å². The number of anilines is 1. The molecule has 1 aromatic carbocycles. The van der Waals surface area contributed by atoms with Gasteiger partial charge in [-0.05, 0) is 30.4 Å². The average Bonchev–Trinajstić information content (AvgIpc) is 2.44. The minimum absolute atomic E-state index is 0.0491. The summed E-state index contributed by atoms with van der Waals surface area (Å²) in [5.74, 6) is -1.41. The van der Waals surface area contributed by atoms with E-state index in [-0.39, 0.29) is 16.6 Å². The first-order valence-corrected chi connectivity index (χ1v) is 8.63. The van der Waals surface area contributed by atoms with E-state index in [0.29, 0.717) is 5.69 Å². The molecule has 0 aliphatic carbocycles. The second-order valence-corrected chi connectivity index (χ2v) is 8.96. The first-order chi connectivity index (χ1) is 11.3. The Morgan fingerprint density at radius 1 is 1.16 bits per heavy atom. The highest BCUT2D eigenvalue weighted by molar-refractivity contribution is 7.80. The molecule has 0 heterocycles. The molecule has 0 aliphatic heterocycles. The van der Waals surface area contributed by atoms with Gasteiger partial charge >= 0.3 is 5.97 Å². The van der Waals surface area contributed by atoms with Crippen LogP contribution in [0.2, 0.25) is 0 Å². The number of nitrogens with one attached hydrogen (secondary N) is 3. The number of hydrogen-bond donors (Lipinski definition) is 4. The van der Waals surface area contributed by atoms with Crippen LogP contribution in [0.5, 0.6) is 0 Å². The van der Waals surface area contributed by atoms with Crippen molar-refractivity contribution in [3.63, 3.8) is 0 Å². The molecule has 4 N–H and O–H groups in total. The van der Waals surface area contributed by atoms with Crippen LogP contribution in [-0.4, -0.2) is 32.1 Å². The Labute approximate surface area is 166 Å². The van der Waals surface area contributed by atoms with Crippen molar-refractivity contribution in [2.75, 3.05) is 5.32 Å². The lowest BCUT2D eigenvalue weighted by molar-refractivity contribution is -0.129. The Bertz CT molecular complexity index is 672. The fourth-order valence-electron chi connectivity index (χ4n) is 1.58. The van der Waals surface area contributed by atoms with Crippen LogP contribution in [0.1, 0.15) is 31.1 Å². The molecule has 0 aromatic heterocycles. The molecular weight excluding hydrogens is 409 g/mol. The summed E-state index contributed by atoms with van der Waals surface area (Å²) < 4.78 is -1.87. The van der Waals surface area contributed by atoms with E-state index in [1.54, 1.807) is 32.9 Å². The van der Waals surface area contributed by atoms with Crippen LogP contribution in [0, 0.1) is 5.41 Å². The lowest BCUT2D eigenvalue weighted by Crippen LogP contribution is -2.58. The number of carboxylic acids is 1. The van der Waals surface area contributed by atoms with E-state index in [4.69, 9.17) is 52.1 Å². The van der Waals surface area contributed by atoms with E-state index in [1.165, 1.54) is 12.1 Å². The minimum Gasteiger partial charge on any atom is -0.478 e. The molecule has 0 saturated heterocycles. The van der Waals surface area contributed by atoms with Crippen molar-refractivity contribution in [3.05, 3.63) is 29.8 Å². The van der Waals surface area contributed by atoms with E-state index in [1.807, 2.05) is 0 Å². The Morgan fingerprint density at radius 2 is 1.76 bits per heavy atom. The summed E-state index contributed by atoms with van der Waals surface area (Å²) in [6.45, 7) is 5.14. The van der Waals surface area contributed by atoms with Crippen molar-refractivity contribution in [1.82, 2.24) is 10.6 Å². The van der Waals surface area contributed by atoms with Gasteiger partial charge in [-0.3, -0.25) is 4.79 Å². The van der Waals surface area contributed by atoms with Crippen molar-refractivity contribution in [2.24, 2.45) is 5.41 Å². The molecule has 0 aliphatic rings. The molecule has 0 unspecified atom stereocenters. The molecular formula is C15H18Cl3N3O3S. The van der Waals surface area contributed by atoms with Crippen LogP contribution in [0.15, 0.2) is 24.3 Å². The van der Waals surface area contributed by atoms with Crippen LogP contribution < -0.4 is 16.0 Å². The van der Waals surface area contributed by atoms with Gasteiger partial charge in [-0.2, -0.15) is 0 Å². The van der Waals surface area contributed by atoms with Crippen molar-refractivity contribution in [3.8, 4) is 0 Å². The number of aromatic carboxylic acids is 1. The molecule has 0 saturated carbocycles. The smallest absolute Gasteiger partial charge is 0.335 e. The quantitative estimate of drug-likeness (QED) is 0.334. The lowest BCUT2D eigenvalue weighted by atomic mass is 9.95. The Hall–Kier alpha value is -1.28. The van der Waals surface area contributed by atoms with Crippen LogP contribution in [0.4, 0.5) is 5.69 Å². The topological polar surface area (TPSA) is 90.5 Å². The first-order valence-electron chi connectivity index (χ1n) is 7.09. The molecule has 0 fully saturated rings. The average molecular weight is 427 g/mol. The Kier molecular flexibility index (Phi) is 7.31. The van der Waals surface area contributed by atoms with Gasteiger partial charge in [0, 0.05) is 11.1 Å². The largest absolute Gasteiger partial charge is 0.478 e. The van der Waals surface area contributed by atoms with Crippen LogP contribution >= 0.6 is 47.0 Å². The summed E-state index contributed by atoms with van der Waals surface area (Å²) in [7, 11) is 0. The molecule has 1 atom stereocenters. The second-order valence-electron chi connectivity index (χ2n) is 6.18. The molecule has 6 nitrogen and oxygen atoms in total. The fourth-order valence-corrected chi connectivity index (χ4v) is 2.14. The summed E-state index contributed by atoms with van der Waals surface area (Å²) in [4.78, 5) is 23.1. The number of amides is 1.